The van der Waals surface area contributed by atoms with Crippen LogP contribution < -0.4 is 4.90 Å². The fraction of sp³-hybridized carbons (Fsp3) is 0.483. The maximum atomic E-state index is 12.5. The smallest absolute Gasteiger partial charge is 0.308 e. The minimum atomic E-state index is -1.00. The number of anilines is 1. The molecule has 3 atom stereocenters. The molecule has 2 aliphatic heterocycles. The predicted molar refractivity (Wildman–Crippen MR) is 156 cm³/mol. The average Bonchev–Trinajstić information content (AvgIpc) is 3.03. The second-order valence-corrected chi connectivity index (χ2v) is 9.54. The highest BCUT2D eigenvalue weighted by molar-refractivity contribution is 6.31. The number of fused-ring (bicyclic) bond motifs is 1. The van der Waals surface area contributed by atoms with E-state index in [0.29, 0.717) is 28.4 Å². The Morgan fingerprint density at radius 1 is 1.31 bits per heavy atom. The Hall–Kier alpha value is -2.82. The number of nitrogens with zero attached hydrogens (tertiary/aromatic N) is 2. The molecular formula is C29H41ClN4O5. The summed E-state index contributed by atoms with van der Waals surface area (Å²) in [7, 11) is 1.00. The van der Waals surface area contributed by atoms with Crippen molar-refractivity contribution in [3.63, 3.8) is 0 Å². The van der Waals surface area contributed by atoms with E-state index in [9.17, 15) is 9.90 Å². The third-order valence-corrected chi connectivity index (χ3v) is 6.63. The van der Waals surface area contributed by atoms with Crippen molar-refractivity contribution in [2.24, 2.45) is 0 Å². The predicted octanol–water partition coefficient (Wildman–Crippen LogP) is 4.64. The van der Waals surface area contributed by atoms with Gasteiger partial charge >= 0.3 is 5.97 Å². The maximum Gasteiger partial charge on any atom is 0.308 e. The molecule has 0 aromatic heterocycles. The standard InChI is InChI=1S/C28H37ClN4O4.CH4O/c1-4-10-21(34)15-19(5-2)27-22-16-20(29)11-12-23(22)33(25(30)18-32-13-8-7-9-14-32)28(31)24(37-27)17-26(35)36-6-3;1-2/h4-5,10-12,15-16,21,24,27,30-31,34H,2,6-9,13-14,17-18H2,1,3H3;2H,1H3/b10-4-,19-15?,30-25?,31-28?;. The number of nitrogens with one attached hydrogen (secondary N) is 2. The Labute approximate surface area is 236 Å². The molecule has 2 heterocycles. The molecule has 4 N–H and O–H groups in total. The van der Waals surface area contributed by atoms with Crippen LogP contribution in [0.4, 0.5) is 5.69 Å². The van der Waals surface area contributed by atoms with Gasteiger partial charge in [-0.25, -0.2) is 0 Å². The lowest BCUT2D eigenvalue weighted by Gasteiger charge is -2.32. The lowest BCUT2D eigenvalue weighted by molar-refractivity contribution is -0.145. The number of likely N-dealkylation sites (tertiary alicyclic amines) is 1. The van der Waals surface area contributed by atoms with Crippen LogP contribution in [0.3, 0.4) is 0 Å². The van der Waals surface area contributed by atoms with Gasteiger partial charge in [0, 0.05) is 17.7 Å². The van der Waals surface area contributed by atoms with E-state index >= 15 is 0 Å². The van der Waals surface area contributed by atoms with E-state index in [1.54, 1.807) is 54.3 Å². The summed E-state index contributed by atoms with van der Waals surface area (Å²) in [6, 6.07) is 5.22. The van der Waals surface area contributed by atoms with Gasteiger partial charge in [-0.3, -0.25) is 25.4 Å². The SMILES string of the molecule is C=CC(=CC(O)/C=C\C)C1OC(CC(=O)OCC)C(=N)N(C(=N)CN2CCCCC2)c2ccc(Cl)cc21.CO. The molecule has 1 aromatic carbocycles. The van der Waals surface area contributed by atoms with Crippen LogP contribution in [0.15, 0.2) is 54.7 Å². The number of amidine groups is 2. The number of aliphatic hydroxyl groups is 2. The summed E-state index contributed by atoms with van der Waals surface area (Å²) in [6.45, 7) is 9.82. The van der Waals surface area contributed by atoms with Crippen LogP contribution in [-0.2, 0) is 14.3 Å². The van der Waals surface area contributed by atoms with Crippen molar-refractivity contribution in [3.8, 4) is 0 Å². The number of rotatable bonds is 9. The normalized spacial score (nSPS) is 20.9. The first-order valence-electron chi connectivity index (χ1n) is 13.2. The zero-order valence-corrected chi connectivity index (χ0v) is 23.8. The Kier molecular flexibility index (Phi) is 13.6. The van der Waals surface area contributed by atoms with Gasteiger partial charge in [0.1, 0.15) is 23.9 Å². The highest BCUT2D eigenvalue weighted by Gasteiger charge is 2.38. The van der Waals surface area contributed by atoms with Crippen LogP contribution in [-0.4, -0.2) is 78.3 Å². The summed E-state index contributed by atoms with van der Waals surface area (Å²) >= 11 is 6.41. The molecule has 0 saturated carbocycles. The van der Waals surface area contributed by atoms with Crippen LogP contribution in [0.25, 0.3) is 0 Å². The minimum absolute atomic E-state index is 0.0291. The van der Waals surface area contributed by atoms with Gasteiger partial charge < -0.3 is 19.7 Å². The number of carbonyl (C=O) groups excluding carboxylic acids is 1. The van der Waals surface area contributed by atoms with E-state index in [1.165, 1.54) is 6.42 Å². The van der Waals surface area contributed by atoms with Crippen molar-refractivity contribution in [3.05, 3.63) is 65.2 Å². The molecule has 1 aromatic rings. The number of hydrogen-bond donors (Lipinski definition) is 4. The number of aliphatic hydroxyl groups excluding tert-OH is 2. The number of carbonyl (C=O) groups is 1. The summed E-state index contributed by atoms with van der Waals surface area (Å²) in [5.74, 6) is -0.314. The molecule has 0 bridgehead atoms. The van der Waals surface area contributed by atoms with E-state index in [2.05, 4.69) is 11.5 Å². The van der Waals surface area contributed by atoms with Crippen LogP contribution in [0.5, 0.6) is 0 Å². The number of esters is 1. The molecule has 1 saturated heterocycles. The van der Waals surface area contributed by atoms with Crippen molar-refractivity contribution in [2.45, 2.75) is 57.8 Å². The molecule has 9 nitrogen and oxygen atoms in total. The van der Waals surface area contributed by atoms with Crippen LogP contribution in [0.2, 0.25) is 5.02 Å². The fourth-order valence-corrected chi connectivity index (χ4v) is 4.87. The zero-order valence-electron chi connectivity index (χ0n) is 23.0. The summed E-state index contributed by atoms with van der Waals surface area (Å²) < 4.78 is 11.6. The van der Waals surface area contributed by atoms with Gasteiger partial charge in [-0.1, -0.05) is 42.8 Å². The first-order chi connectivity index (χ1) is 18.8. The Morgan fingerprint density at radius 3 is 2.62 bits per heavy atom. The molecule has 10 heteroatoms. The lowest BCUT2D eigenvalue weighted by Crippen LogP contribution is -2.48. The highest BCUT2D eigenvalue weighted by Crippen LogP contribution is 2.41. The van der Waals surface area contributed by atoms with Gasteiger partial charge in [-0.2, -0.15) is 0 Å². The molecule has 214 valence electrons. The van der Waals surface area contributed by atoms with E-state index in [1.807, 2.05) is 6.92 Å². The first kappa shape index (κ1) is 32.4. The third-order valence-electron chi connectivity index (χ3n) is 6.40. The van der Waals surface area contributed by atoms with Crippen LogP contribution >= 0.6 is 11.6 Å². The number of piperidine rings is 1. The molecule has 0 spiro atoms. The second-order valence-electron chi connectivity index (χ2n) is 9.11. The third kappa shape index (κ3) is 8.84. The van der Waals surface area contributed by atoms with Gasteiger partial charge in [-0.05, 0) is 69.6 Å². The average molecular weight is 561 g/mol. The Bertz CT molecular complexity index is 1070. The van der Waals surface area contributed by atoms with Crippen molar-refractivity contribution in [1.29, 1.82) is 10.8 Å². The Morgan fingerprint density at radius 2 is 2.00 bits per heavy atom. The number of halogens is 1. The number of ether oxygens (including phenoxy) is 2. The van der Waals surface area contributed by atoms with E-state index < -0.39 is 24.3 Å². The van der Waals surface area contributed by atoms with Crippen LogP contribution in [0.1, 0.15) is 51.2 Å². The monoisotopic (exact) mass is 560 g/mol. The molecule has 0 aliphatic carbocycles. The second kappa shape index (κ2) is 16.3. The number of allylic oxidation sites excluding steroid dienone is 1. The summed E-state index contributed by atoms with van der Waals surface area (Å²) in [5, 5.41) is 36.0. The Balaban J connectivity index is 0.00000260. The van der Waals surface area contributed by atoms with Crippen molar-refractivity contribution >= 4 is 34.9 Å². The first-order valence-corrected chi connectivity index (χ1v) is 13.5. The fourth-order valence-electron chi connectivity index (χ4n) is 4.69. The van der Waals surface area contributed by atoms with E-state index in [0.717, 1.165) is 33.0 Å². The summed E-state index contributed by atoms with van der Waals surface area (Å²) in [5.41, 5.74) is 1.74. The lowest BCUT2D eigenvalue weighted by atomic mass is 9.97. The molecule has 39 heavy (non-hydrogen) atoms. The molecule has 0 radical (unpaired) electrons. The minimum Gasteiger partial charge on any atom is -0.466 e. The van der Waals surface area contributed by atoms with E-state index in [-0.39, 0.29) is 24.7 Å². The summed E-state index contributed by atoms with van der Waals surface area (Å²) in [6.07, 6.45) is 7.02. The maximum absolute atomic E-state index is 12.5. The van der Waals surface area contributed by atoms with Crippen molar-refractivity contribution in [1.82, 2.24) is 4.90 Å². The molecule has 0 amide bonds. The largest absolute Gasteiger partial charge is 0.466 e. The van der Waals surface area contributed by atoms with Gasteiger partial charge in [0.25, 0.3) is 0 Å². The van der Waals surface area contributed by atoms with Crippen molar-refractivity contribution < 1.29 is 24.5 Å². The zero-order chi connectivity index (χ0) is 28.9. The molecule has 3 unspecified atom stereocenters. The topological polar surface area (TPSA) is 130 Å². The van der Waals surface area contributed by atoms with Gasteiger partial charge in [0.05, 0.1) is 31.4 Å². The van der Waals surface area contributed by atoms with Gasteiger partial charge in [-0.15, -0.1) is 0 Å². The quantitative estimate of drug-likeness (QED) is 0.114. The summed E-state index contributed by atoms with van der Waals surface area (Å²) in [4.78, 5) is 16.3. The molecule has 1 fully saturated rings. The number of benzene rings is 1. The molecular weight excluding hydrogens is 520 g/mol. The molecule has 2 aliphatic rings. The number of hydrogen-bond acceptors (Lipinski definition) is 8. The van der Waals surface area contributed by atoms with Crippen molar-refractivity contribution in [2.75, 3.05) is 38.3 Å². The van der Waals surface area contributed by atoms with E-state index in [4.69, 9.17) is 37.0 Å². The highest BCUT2D eigenvalue weighted by atomic mass is 35.5. The van der Waals surface area contributed by atoms with Gasteiger partial charge in [0.15, 0.2) is 0 Å². The van der Waals surface area contributed by atoms with Crippen LogP contribution in [0, 0.1) is 10.8 Å². The van der Waals surface area contributed by atoms with Gasteiger partial charge in [0.2, 0.25) is 0 Å². The molecule has 3 rings (SSSR count).